The zero-order chi connectivity index (χ0) is 10.3. The Morgan fingerprint density at radius 3 is 2.38 bits per heavy atom. The highest BCUT2D eigenvalue weighted by Crippen LogP contribution is 2.20. The van der Waals surface area contributed by atoms with Crippen molar-refractivity contribution in [2.24, 2.45) is 5.92 Å². The van der Waals surface area contributed by atoms with Crippen molar-refractivity contribution in [3.8, 4) is 0 Å². The molecule has 0 bridgehead atoms. The number of rotatable bonds is 7. The third kappa shape index (κ3) is 7.94. The molecule has 0 saturated carbocycles. The van der Waals surface area contributed by atoms with Gasteiger partial charge in [0.15, 0.2) is 0 Å². The summed E-state index contributed by atoms with van der Waals surface area (Å²) in [5, 5.41) is 0. The van der Waals surface area contributed by atoms with E-state index in [4.69, 9.17) is 0 Å². The summed E-state index contributed by atoms with van der Waals surface area (Å²) in [6.07, 6.45) is 1.87. The van der Waals surface area contributed by atoms with E-state index in [-0.39, 0.29) is 6.42 Å². The van der Waals surface area contributed by atoms with Crippen molar-refractivity contribution >= 4 is 0 Å². The molecule has 0 rings (SSSR count). The van der Waals surface area contributed by atoms with Gasteiger partial charge >= 0.3 is 0 Å². The lowest BCUT2D eigenvalue weighted by molar-refractivity contribution is 0.147. The summed E-state index contributed by atoms with van der Waals surface area (Å²) in [7, 11) is 0. The summed E-state index contributed by atoms with van der Waals surface area (Å²) in [4.78, 5) is 0. The van der Waals surface area contributed by atoms with Crippen LogP contribution in [0.15, 0.2) is 12.2 Å². The standard InChI is InChI=1S/C11H20F2/c1-4-5-6-9(2)7-10(3)8-11(12)13/h9,11H,3-8H2,1-2H3/t9-/m1/s1. The maximum atomic E-state index is 11.9. The fourth-order valence-electron chi connectivity index (χ4n) is 1.45. The topological polar surface area (TPSA) is 0 Å². The molecule has 0 unspecified atom stereocenters. The molecule has 0 aromatic heterocycles. The minimum Gasteiger partial charge on any atom is -0.210 e. The molecule has 0 aliphatic carbocycles. The molecule has 0 heterocycles. The van der Waals surface area contributed by atoms with Crippen LogP contribution in [-0.4, -0.2) is 6.43 Å². The van der Waals surface area contributed by atoms with E-state index in [0.717, 1.165) is 12.8 Å². The first-order valence-corrected chi connectivity index (χ1v) is 5.01. The predicted molar refractivity (Wildman–Crippen MR) is 53.1 cm³/mol. The van der Waals surface area contributed by atoms with Gasteiger partial charge in [0.05, 0.1) is 0 Å². The summed E-state index contributed by atoms with van der Waals surface area (Å²) in [5.41, 5.74) is 0.693. The SMILES string of the molecule is C=C(CC(F)F)C[C@H](C)CCCC. The molecule has 0 aromatic carbocycles. The maximum absolute atomic E-state index is 11.9. The molecule has 0 aromatic rings. The first kappa shape index (κ1) is 12.6. The van der Waals surface area contributed by atoms with Crippen LogP contribution in [0.5, 0.6) is 0 Å². The highest BCUT2D eigenvalue weighted by atomic mass is 19.3. The van der Waals surface area contributed by atoms with Crippen molar-refractivity contribution in [1.82, 2.24) is 0 Å². The smallest absolute Gasteiger partial charge is 0.210 e. The van der Waals surface area contributed by atoms with Crippen LogP contribution in [0.3, 0.4) is 0 Å². The molecule has 0 aliphatic heterocycles. The van der Waals surface area contributed by atoms with Crippen LogP contribution in [0.25, 0.3) is 0 Å². The molecule has 0 radical (unpaired) electrons. The number of alkyl halides is 2. The second-order valence-corrected chi connectivity index (χ2v) is 3.80. The van der Waals surface area contributed by atoms with E-state index in [1.54, 1.807) is 0 Å². The van der Waals surface area contributed by atoms with E-state index in [2.05, 4.69) is 20.4 Å². The molecule has 0 fully saturated rings. The van der Waals surface area contributed by atoms with Gasteiger partial charge in [-0.05, 0) is 12.3 Å². The Hall–Kier alpha value is -0.400. The average molecular weight is 190 g/mol. The van der Waals surface area contributed by atoms with Gasteiger partial charge in [0, 0.05) is 6.42 Å². The van der Waals surface area contributed by atoms with Gasteiger partial charge in [-0.25, -0.2) is 8.78 Å². The van der Waals surface area contributed by atoms with Gasteiger partial charge in [-0.3, -0.25) is 0 Å². The lowest BCUT2D eigenvalue weighted by atomic mass is 9.95. The molecule has 0 saturated heterocycles. The molecular weight excluding hydrogens is 170 g/mol. The summed E-state index contributed by atoms with van der Waals surface area (Å²) in [5.74, 6) is 0.506. The fraction of sp³-hybridized carbons (Fsp3) is 0.818. The van der Waals surface area contributed by atoms with Gasteiger partial charge < -0.3 is 0 Å². The van der Waals surface area contributed by atoms with Crippen LogP contribution < -0.4 is 0 Å². The van der Waals surface area contributed by atoms with Crippen molar-refractivity contribution in [3.63, 3.8) is 0 Å². The maximum Gasteiger partial charge on any atom is 0.242 e. The van der Waals surface area contributed by atoms with Crippen molar-refractivity contribution < 1.29 is 8.78 Å². The second kappa shape index (κ2) is 7.05. The predicted octanol–water partition coefficient (Wildman–Crippen LogP) is 4.41. The number of unbranched alkanes of at least 4 members (excludes halogenated alkanes) is 1. The summed E-state index contributed by atoms with van der Waals surface area (Å²) >= 11 is 0. The molecule has 0 amide bonds. The molecule has 0 N–H and O–H groups in total. The largest absolute Gasteiger partial charge is 0.242 e. The fourth-order valence-corrected chi connectivity index (χ4v) is 1.45. The first-order chi connectivity index (χ1) is 6.06. The monoisotopic (exact) mass is 190 g/mol. The van der Waals surface area contributed by atoms with E-state index in [0.29, 0.717) is 11.5 Å². The lowest BCUT2D eigenvalue weighted by Crippen LogP contribution is -2.00. The van der Waals surface area contributed by atoms with Gasteiger partial charge in [-0.15, -0.1) is 0 Å². The highest BCUT2D eigenvalue weighted by Gasteiger charge is 2.08. The number of hydrogen-bond acceptors (Lipinski definition) is 0. The van der Waals surface area contributed by atoms with E-state index >= 15 is 0 Å². The van der Waals surface area contributed by atoms with Crippen molar-refractivity contribution in [2.75, 3.05) is 0 Å². The molecular formula is C11H20F2. The van der Waals surface area contributed by atoms with Crippen LogP contribution in [0.4, 0.5) is 8.78 Å². The Morgan fingerprint density at radius 1 is 1.31 bits per heavy atom. The van der Waals surface area contributed by atoms with E-state index in [9.17, 15) is 8.78 Å². The summed E-state index contributed by atoms with van der Waals surface area (Å²) in [6.45, 7) is 7.91. The molecule has 2 heteroatoms. The summed E-state index contributed by atoms with van der Waals surface area (Å²) < 4.78 is 23.9. The zero-order valence-corrected chi connectivity index (χ0v) is 8.65. The quantitative estimate of drug-likeness (QED) is 0.521. The van der Waals surface area contributed by atoms with Crippen molar-refractivity contribution in [2.45, 2.75) is 52.4 Å². The van der Waals surface area contributed by atoms with E-state index < -0.39 is 6.43 Å². The lowest BCUT2D eigenvalue weighted by Gasteiger charge is -2.12. The van der Waals surface area contributed by atoms with E-state index in [1.165, 1.54) is 12.8 Å². The number of allylic oxidation sites excluding steroid dienone is 1. The van der Waals surface area contributed by atoms with Crippen molar-refractivity contribution in [1.29, 1.82) is 0 Å². The molecule has 0 spiro atoms. The van der Waals surface area contributed by atoms with Crippen LogP contribution in [-0.2, 0) is 0 Å². The van der Waals surface area contributed by atoms with Crippen LogP contribution in [0, 0.1) is 5.92 Å². The third-order valence-electron chi connectivity index (χ3n) is 2.13. The Labute approximate surface area is 80.0 Å². The van der Waals surface area contributed by atoms with E-state index in [1.807, 2.05) is 0 Å². The van der Waals surface area contributed by atoms with Crippen LogP contribution >= 0.6 is 0 Å². The Kier molecular flexibility index (Phi) is 6.83. The first-order valence-electron chi connectivity index (χ1n) is 5.01. The van der Waals surface area contributed by atoms with Crippen LogP contribution in [0.2, 0.25) is 0 Å². The van der Waals surface area contributed by atoms with Crippen LogP contribution in [0.1, 0.15) is 46.0 Å². The Bertz CT molecular complexity index is 141. The Morgan fingerprint density at radius 2 is 1.92 bits per heavy atom. The number of hydrogen-bond donors (Lipinski definition) is 0. The zero-order valence-electron chi connectivity index (χ0n) is 8.65. The molecule has 78 valence electrons. The highest BCUT2D eigenvalue weighted by molar-refractivity contribution is 4.95. The van der Waals surface area contributed by atoms with Gasteiger partial charge in [0.25, 0.3) is 0 Å². The van der Waals surface area contributed by atoms with Gasteiger partial charge in [0.2, 0.25) is 6.43 Å². The number of halogens is 2. The molecule has 0 nitrogen and oxygen atoms in total. The second-order valence-electron chi connectivity index (χ2n) is 3.80. The molecule has 13 heavy (non-hydrogen) atoms. The van der Waals surface area contributed by atoms with Gasteiger partial charge in [0.1, 0.15) is 0 Å². The van der Waals surface area contributed by atoms with Gasteiger partial charge in [-0.2, -0.15) is 0 Å². The third-order valence-corrected chi connectivity index (χ3v) is 2.13. The molecule has 1 atom stereocenters. The Balaban J connectivity index is 3.53. The van der Waals surface area contributed by atoms with Crippen molar-refractivity contribution in [3.05, 3.63) is 12.2 Å². The van der Waals surface area contributed by atoms with Gasteiger partial charge in [-0.1, -0.05) is 45.3 Å². The normalized spacial score (nSPS) is 13.3. The minimum atomic E-state index is -2.23. The minimum absolute atomic E-state index is 0.129. The summed E-state index contributed by atoms with van der Waals surface area (Å²) in [6, 6.07) is 0. The molecule has 0 aliphatic rings. The average Bonchev–Trinajstić information content (AvgIpc) is 1.98.